The van der Waals surface area contributed by atoms with Crippen LogP contribution in [0.5, 0.6) is 0 Å². The van der Waals surface area contributed by atoms with Crippen LogP contribution in [0.3, 0.4) is 0 Å². The summed E-state index contributed by atoms with van der Waals surface area (Å²) in [6.07, 6.45) is 5.11. The lowest BCUT2D eigenvalue weighted by Crippen LogP contribution is -2.41. The second-order valence-electron chi connectivity index (χ2n) is 11.5. The number of nitrogens with zero attached hydrogens (tertiary/aromatic N) is 2. The van der Waals surface area contributed by atoms with E-state index in [1.807, 2.05) is 6.92 Å². The third kappa shape index (κ3) is 5.41. The van der Waals surface area contributed by atoms with Gasteiger partial charge in [0.1, 0.15) is 0 Å². The maximum absolute atomic E-state index is 13.8. The summed E-state index contributed by atoms with van der Waals surface area (Å²) in [7, 11) is -3.88. The number of sulfonamides is 1. The van der Waals surface area contributed by atoms with Crippen LogP contribution >= 0.6 is 11.6 Å². The molecule has 0 saturated heterocycles. The first-order chi connectivity index (χ1) is 18.5. The number of halogens is 1. The van der Waals surface area contributed by atoms with Gasteiger partial charge in [0.25, 0.3) is 10.0 Å². The summed E-state index contributed by atoms with van der Waals surface area (Å²) in [6.45, 7) is 8.94. The van der Waals surface area contributed by atoms with Gasteiger partial charge in [-0.15, -0.1) is 10.2 Å². The van der Waals surface area contributed by atoms with Crippen LogP contribution in [0.1, 0.15) is 75.1 Å². The molecule has 3 unspecified atom stereocenters. The molecule has 0 aliphatic heterocycles. The molecule has 0 spiro atoms. The first-order valence-electron chi connectivity index (χ1n) is 13.6. The van der Waals surface area contributed by atoms with Crippen LogP contribution in [-0.2, 0) is 33.1 Å². The van der Waals surface area contributed by atoms with Crippen LogP contribution in [0.15, 0.2) is 53.4 Å². The second-order valence-corrected chi connectivity index (χ2v) is 13.6. The van der Waals surface area contributed by atoms with Crippen molar-refractivity contribution < 1.29 is 13.2 Å². The molecule has 1 amide bonds. The lowest BCUT2D eigenvalue weighted by molar-refractivity contribution is -0.121. The Hall–Kier alpha value is -2.97. The molecule has 0 bridgehead atoms. The van der Waals surface area contributed by atoms with Gasteiger partial charge >= 0.3 is 0 Å². The number of hydrogen-bond donors (Lipinski definition) is 2. The van der Waals surface area contributed by atoms with Crippen LogP contribution in [0.4, 0.5) is 11.5 Å². The first-order valence-corrected chi connectivity index (χ1v) is 15.4. The largest absolute Gasteiger partial charge is 0.325 e. The normalized spacial score (nSPS) is 22.6. The Kier molecular flexibility index (Phi) is 7.46. The monoisotopic (exact) mass is 566 g/mol. The molecule has 1 aromatic heterocycles. The zero-order valence-corrected chi connectivity index (χ0v) is 24.4. The van der Waals surface area contributed by atoms with E-state index in [1.54, 1.807) is 12.1 Å². The fraction of sp³-hybridized carbons (Fsp3) is 0.433. The molecule has 0 fully saturated rings. The first kappa shape index (κ1) is 27.6. The minimum absolute atomic E-state index is 0.0478. The summed E-state index contributed by atoms with van der Waals surface area (Å²) in [5.41, 5.74) is 5.30. The van der Waals surface area contributed by atoms with Gasteiger partial charge in [0, 0.05) is 5.69 Å². The maximum atomic E-state index is 13.8. The number of hydrogen-bond acceptors (Lipinski definition) is 5. The highest BCUT2D eigenvalue weighted by Crippen LogP contribution is 2.47. The molecule has 9 heteroatoms. The number of aromatic nitrogens is 2. The Bertz CT molecular complexity index is 1490. The van der Waals surface area contributed by atoms with E-state index in [0.717, 1.165) is 31.2 Å². The summed E-state index contributed by atoms with van der Waals surface area (Å²) >= 11 is 5.72. The number of carbonyl (C=O) groups is 1. The number of rotatable bonds is 6. The van der Waals surface area contributed by atoms with E-state index in [4.69, 9.17) is 11.6 Å². The average molecular weight is 567 g/mol. The molecule has 7 nitrogen and oxygen atoms in total. The fourth-order valence-electron chi connectivity index (χ4n) is 6.10. The van der Waals surface area contributed by atoms with Crippen LogP contribution in [-0.4, -0.2) is 24.5 Å². The van der Waals surface area contributed by atoms with Gasteiger partial charge in [0.05, 0.1) is 10.3 Å². The zero-order chi connectivity index (χ0) is 27.9. The summed E-state index contributed by atoms with van der Waals surface area (Å²) in [5, 5.41) is 10.6. The summed E-state index contributed by atoms with van der Waals surface area (Å²) < 4.78 is 27.9. The molecular weight excluding hydrogens is 532 g/mol. The number of carbonyl (C=O) groups excluding carboxylic acids is 1. The van der Waals surface area contributed by atoms with E-state index < -0.39 is 15.4 Å². The van der Waals surface area contributed by atoms with Gasteiger partial charge in [-0.3, -0.25) is 9.52 Å². The molecule has 0 radical (unpaired) electrons. The SMILES string of the molecule is CC1CCC(C)(C(=O)Nc2ccc(S(=O)(=O)Nc3ccc(Cl)nn3)cc2)c2ccc3c(c21)CCC(C(C)C)C3. The molecule has 0 saturated carbocycles. The van der Waals surface area contributed by atoms with Crippen LogP contribution in [0.2, 0.25) is 5.15 Å². The summed E-state index contributed by atoms with van der Waals surface area (Å²) in [5.74, 6) is 1.80. The third-order valence-corrected chi connectivity index (χ3v) is 10.2. The molecule has 2 aliphatic carbocycles. The molecule has 206 valence electrons. The van der Waals surface area contributed by atoms with E-state index in [-0.39, 0.29) is 21.8 Å². The lowest BCUT2D eigenvalue weighted by Gasteiger charge is -2.41. The highest BCUT2D eigenvalue weighted by molar-refractivity contribution is 7.92. The molecular formula is C30H35ClN4O3S. The maximum Gasteiger partial charge on any atom is 0.263 e. The Balaban J connectivity index is 1.35. The highest BCUT2D eigenvalue weighted by atomic mass is 35.5. The van der Waals surface area contributed by atoms with Crippen molar-refractivity contribution in [3.05, 3.63) is 75.9 Å². The van der Waals surface area contributed by atoms with Crippen molar-refractivity contribution in [1.29, 1.82) is 0 Å². The Morgan fingerprint density at radius 1 is 1.05 bits per heavy atom. The number of anilines is 2. The van der Waals surface area contributed by atoms with Crippen molar-refractivity contribution in [2.24, 2.45) is 11.8 Å². The van der Waals surface area contributed by atoms with Crippen molar-refractivity contribution in [2.75, 3.05) is 10.0 Å². The number of fused-ring (bicyclic) bond motifs is 3. The van der Waals surface area contributed by atoms with Crippen LogP contribution < -0.4 is 10.0 Å². The summed E-state index contributed by atoms with van der Waals surface area (Å²) in [4.78, 5) is 13.8. The predicted molar refractivity (Wildman–Crippen MR) is 155 cm³/mol. The van der Waals surface area contributed by atoms with Crippen molar-refractivity contribution in [2.45, 2.75) is 76.0 Å². The molecule has 3 atom stereocenters. The van der Waals surface area contributed by atoms with Gasteiger partial charge in [-0.1, -0.05) is 44.5 Å². The standard InChI is InChI=1S/C30H35ClN4O3S/c1-18(2)20-5-11-24-21(17-20)6-12-25-28(24)19(3)15-16-30(25,4)29(36)32-22-7-9-23(10-8-22)39(37,38)35-27-14-13-26(31)33-34-27/h6-10,12-14,18-20H,5,11,15-17H2,1-4H3,(H,32,36)(H,34,35). The van der Waals surface area contributed by atoms with Crippen molar-refractivity contribution in [3.8, 4) is 0 Å². The zero-order valence-electron chi connectivity index (χ0n) is 22.8. The van der Waals surface area contributed by atoms with Crippen molar-refractivity contribution in [1.82, 2.24) is 10.2 Å². The lowest BCUT2D eigenvalue weighted by atomic mass is 9.64. The molecule has 5 rings (SSSR count). The third-order valence-electron chi connectivity index (χ3n) is 8.60. The molecule has 2 aliphatic rings. The van der Waals surface area contributed by atoms with Gasteiger partial charge in [-0.25, -0.2) is 8.42 Å². The van der Waals surface area contributed by atoms with Crippen molar-refractivity contribution >= 4 is 39.0 Å². The van der Waals surface area contributed by atoms with Gasteiger partial charge in [-0.2, -0.15) is 0 Å². The molecule has 2 N–H and O–H groups in total. The Morgan fingerprint density at radius 3 is 2.46 bits per heavy atom. The average Bonchev–Trinajstić information content (AvgIpc) is 2.91. The van der Waals surface area contributed by atoms with Gasteiger partial charge in [0.15, 0.2) is 11.0 Å². The van der Waals surface area contributed by atoms with Crippen LogP contribution in [0, 0.1) is 11.8 Å². The van der Waals surface area contributed by atoms with E-state index >= 15 is 0 Å². The topological polar surface area (TPSA) is 101 Å². The predicted octanol–water partition coefficient (Wildman–Crippen LogP) is 6.49. The van der Waals surface area contributed by atoms with E-state index in [1.165, 1.54) is 47.4 Å². The van der Waals surface area contributed by atoms with Crippen molar-refractivity contribution in [3.63, 3.8) is 0 Å². The van der Waals surface area contributed by atoms with E-state index in [9.17, 15) is 13.2 Å². The van der Waals surface area contributed by atoms with Crippen LogP contribution in [0.25, 0.3) is 0 Å². The Morgan fingerprint density at radius 2 is 1.79 bits per heavy atom. The van der Waals surface area contributed by atoms with Gasteiger partial charge in [0.2, 0.25) is 5.91 Å². The number of nitrogens with one attached hydrogen (secondary N) is 2. The quantitative estimate of drug-likeness (QED) is 0.355. The minimum atomic E-state index is -3.88. The summed E-state index contributed by atoms with van der Waals surface area (Å²) in [6, 6.07) is 13.5. The highest BCUT2D eigenvalue weighted by Gasteiger charge is 2.42. The molecule has 2 aromatic carbocycles. The molecule has 39 heavy (non-hydrogen) atoms. The van der Waals surface area contributed by atoms with E-state index in [0.29, 0.717) is 23.4 Å². The van der Waals surface area contributed by atoms with Gasteiger partial charge in [-0.05, 0) is 115 Å². The number of benzene rings is 2. The second kappa shape index (κ2) is 10.5. The molecule has 3 aromatic rings. The van der Waals surface area contributed by atoms with Gasteiger partial charge < -0.3 is 5.32 Å². The minimum Gasteiger partial charge on any atom is -0.325 e. The Labute approximate surface area is 235 Å². The van der Waals surface area contributed by atoms with E-state index in [2.05, 4.69) is 53.1 Å². The number of amides is 1. The molecule has 1 heterocycles. The fourth-order valence-corrected chi connectivity index (χ4v) is 7.19. The smallest absolute Gasteiger partial charge is 0.263 e.